The van der Waals surface area contributed by atoms with Gasteiger partial charge in [-0.05, 0) is 42.0 Å². The van der Waals surface area contributed by atoms with E-state index < -0.39 is 27.0 Å². The zero-order chi connectivity index (χ0) is 25.3. The van der Waals surface area contributed by atoms with Gasteiger partial charge in [0.15, 0.2) is 5.03 Å². The molecule has 0 aliphatic heterocycles. The molecule has 0 spiro atoms. The third kappa shape index (κ3) is 5.56. The van der Waals surface area contributed by atoms with Crippen molar-refractivity contribution in [2.24, 2.45) is 7.05 Å². The second-order valence-electron chi connectivity index (χ2n) is 8.32. The molecule has 1 aliphatic carbocycles. The number of methoxy groups -OCH3 is 1. The summed E-state index contributed by atoms with van der Waals surface area (Å²) in [4.78, 5) is 30.6. The number of carbonyl (C=O) groups is 2. The van der Waals surface area contributed by atoms with Crippen molar-refractivity contribution in [3.8, 4) is 17.0 Å². The fourth-order valence-corrected chi connectivity index (χ4v) is 4.95. The first-order chi connectivity index (χ1) is 16.6. The number of amides is 3. The molecule has 2 aromatic heterocycles. The zero-order valence-corrected chi connectivity index (χ0v) is 23.6. The second kappa shape index (κ2) is 11.0. The van der Waals surface area contributed by atoms with Crippen LogP contribution in [0.5, 0.6) is 5.88 Å². The predicted molar refractivity (Wildman–Crippen MR) is 135 cm³/mol. The normalized spacial score (nSPS) is 12.3. The van der Waals surface area contributed by atoms with Crippen LogP contribution in [0.3, 0.4) is 0 Å². The van der Waals surface area contributed by atoms with Crippen molar-refractivity contribution in [2.45, 2.75) is 24.3 Å². The third-order valence-electron chi connectivity index (χ3n) is 5.76. The van der Waals surface area contributed by atoms with Crippen LogP contribution in [-0.2, 0) is 29.9 Å². The maximum Gasteiger partial charge on any atom is 0.333 e. The number of urea groups is 1. The van der Waals surface area contributed by atoms with Gasteiger partial charge < -0.3 is 15.0 Å². The molecule has 1 aliphatic rings. The Kier molecular flexibility index (Phi) is 8.44. The number of anilines is 1. The molecule has 0 saturated carbocycles. The number of nitrogens with one attached hydrogen (secondary N) is 2. The van der Waals surface area contributed by atoms with E-state index in [-0.39, 0.29) is 35.3 Å². The maximum absolute atomic E-state index is 12.9. The van der Waals surface area contributed by atoms with Crippen molar-refractivity contribution in [3.63, 3.8) is 0 Å². The fraction of sp³-hybridized carbons (Fsp3) is 0.304. The van der Waals surface area contributed by atoms with Crippen LogP contribution in [0.25, 0.3) is 11.1 Å². The third-order valence-corrected chi connectivity index (χ3v) is 6.97. The Bertz CT molecular complexity index is 1420. The Labute approximate surface area is 231 Å². The average Bonchev–Trinajstić information content (AvgIpc) is 3.45. The molecule has 185 valence electrons. The monoisotopic (exact) mass is 521 g/mol. The van der Waals surface area contributed by atoms with Crippen molar-refractivity contribution in [3.05, 3.63) is 53.3 Å². The van der Waals surface area contributed by atoms with Gasteiger partial charge in [0.05, 0.1) is 12.8 Å². The van der Waals surface area contributed by atoms with Crippen molar-refractivity contribution in [2.75, 3.05) is 26.5 Å². The summed E-state index contributed by atoms with van der Waals surface area (Å²) in [5, 5.41) is 6.21. The van der Waals surface area contributed by atoms with Gasteiger partial charge in [-0.25, -0.2) is 14.5 Å². The molecule has 0 atom stereocenters. The van der Waals surface area contributed by atoms with Crippen LogP contribution in [0.2, 0.25) is 0 Å². The van der Waals surface area contributed by atoms with E-state index in [9.17, 15) is 18.0 Å². The van der Waals surface area contributed by atoms with Crippen LogP contribution in [0, 0.1) is 0 Å². The number of hydrogen-bond donors (Lipinski definition) is 2. The van der Waals surface area contributed by atoms with Gasteiger partial charge in [0.25, 0.3) is 15.9 Å². The molecule has 3 amide bonds. The number of carbonyl (C=O) groups excluding carboxylic acids is 2. The molecule has 36 heavy (non-hydrogen) atoms. The van der Waals surface area contributed by atoms with Gasteiger partial charge in [0.1, 0.15) is 5.69 Å². The van der Waals surface area contributed by atoms with Gasteiger partial charge in [0, 0.05) is 74.6 Å². The van der Waals surface area contributed by atoms with Crippen LogP contribution >= 0.6 is 0 Å². The van der Waals surface area contributed by atoms with Crippen molar-refractivity contribution >= 4 is 57.2 Å². The Morgan fingerprint density at radius 1 is 1.14 bits per heavy atom. The van der Waals surface area contributed by atoms with Gasteiger partial charge >= 0.3 is 6.03 Å². The summed E-state index contributed by atoms with van der Waals surface area (Å²) in [6, 6.07) is 7.64. The molecule has 4 rings (SSSR count). The average molecular weight is 522 g/mol. The number of hydrogen-bond acceptors (Lipinski definition) is 7. The minimum Gasteiger partial charge on any atom is -0.481 e. The first-order valence-electron chi connectivity index (χ1n) is 10.9. The summed E-state index contributed by atoms with van der Waals surface area (Å²) in [6.07, 6.45) is 4.16. The van der Waals surface area contributed by atoms with Gasteiger partial charge in [-0.1, -0.05) is 12.1 Å². The largest absolute Gasteiger partial charge is 0.481 e. The van der Waals surface area contributed by atoms with Gasteiger partial charge in [-0.3, -0.25) is 9.48 Å². The topological polar surface area (TPSA) is 136 Å². The molecule has 1 aromatic carbocycles. The van der Waals surface area contributed by atoms with Crippen LogP contribution < -0.4 is 14.8 Å². The molecule has 0 saturated heterocycles. The Morgan fingerprint density at radius 3 is 2.58 bits per heavy atom. The summed E-state index contributed by atoms with van der Waals surface area (Å²) < 4.78 is 34.1. The van der Waals surface area contributed by atoms with Crippen molar-refractivity contribution < 1.29 is 22.7 Å². The minimum absolute atomic E-state index is 0. The number of aromatic nitrogens is 3. The molecule has 2 heterocycles. The van der Waals surface area contributed by atoms with E-state index in [1.165, 1.54) is 19.1 Å². The molecule has 0 bridgehead atoms. The van der Waals surface area contributed by atoms with Gasteiger partial charge in [-0.2, -0.15) is 13.5 Å². The molecule has 13 heteroatoms. The van der Waals surface area contributed by atoms with E-state index in [1.54, 1.807) is 32.4 Å². The fourth-order valence-electron chi connectivity index (χ4n) is 4.05. The summed E-state index contributed by atoms with van der Waals surface area (Å²) in [5.74, 6) is 0.00220. The van der Waals surface area contributed by atoms with E-state index in [2.05, 4.69) is 15.4 Å². The smallest absolute Gasteiger partial charge is 0.333 e. The number of ether oxygens (including phenoxy) is 1. The van der Waals surface area contributed by atoms with Gasteiger partial charge in [0.2, 0.25) is 5.88 Å². The number of fused-ring (bicyclic) bond motifs is 1. The first kappa shape index (κ1) is 27.7. The molecule has 0 fully saturated rings. The van der Waals surface area contributed by atoms with Crippen LogP contribution in [0.15, 0.2) is 41.6 Å². The van der Waals surface area contributed by atoms with Crippen molar-refractivity contribution in [1.82, 2.24) is 24.4 Å². The van der Waals surface area contributed by atoms with Crippen LogP contribution in [0.1, 0.15) is 28.0 Å². The number of pyridine rings is 1. The number of sulfonamides is 1. The molecule has 0 unspecified atom stereocenters. The molecule has 2 N–H and O–H groups in total. The molecule has 3 aromatic rings. The van der Waals surface area contributed by atoms with E-state index in [4.69, 9.17) is 4.74 Å². The van der Waals surface area contributed by atoms with Crippen LogP contribution in [0.4, 0.5) is 10.5 Å². The molecule has 11 nitrogen and oxygen atoms in total. The van der Waals surface area contributed by atoms with E-state index in [0.29, 0.717) is 11.6 Å². The Hall–Kier alpha value is -2.93. The second-order valence-corrected chi connectivity index (χ2v) is 9.95. The summed E-state index contributed by atoms with van der Waals surface area (Å²) in [7, 11) is 1.72. The predicted octanol–water partition coefficient (Wildman–Crippen LogP) is 1.81. The first-order valence-corrected chi connectivity index (χ1v) is 12.3. The number of nitrogens with zero attached hydrogens (tertiary/aromatic N) is 4. The van der Waals surface area contributed by atoms with Crippen molar-refractivity contribution in [1.29, 1.82) is 0 Å². The molecule has 1 radical (unpaired) electrons. The summed E-state index contributed by atoms with van der Waals surface area (Å²) >= 11 is 0. The zero-order valence-electron chi connectivity index (χ0n) is 20.8. The Balaban J connectivity index is 0.00000361. The SMILES string of the molecule is COc1cc(-c2ccc3c(c2NC(=O)NS(=O)(=O)c2cc(C(=O)N(C)C)n(C)n2)CCC3)ccn1.[Na]. The number of benzene rings is 1. The number of rotatable bonds is 6. The van der Waals surface area contributed by atoms with E-state index in [0.717, 1.165) is 52.3 Å². The maximum atomic E-state index is 12.9. The number of aryl methyl sites for hydroxylation is 2. The Morgan fingerprint density at radius 2 is 1.89 bits per heavy atom. The molecular formula is C23H26N6NaO5S. The summed E-state index contributed by atoms with van der Waals surface area (Å²) in [5.41, 5.74) is 4.15. The summed E-state index contributed by atoms with van der Waals surface area (Å²) in [6.45, 7) is 0. The standard InChI is InChI=1S/C23H26N6O5S.Na/c1-28(2)22(30)18-13-20(26-29(18)3)35(32,33)27-23(31)25-21-16-7-5-6-14(16)8-9-17(21)15-10-11-24-19(12-15)34-4;/h8-13H,5-7H2,1-4H3,(H2,25,27,31);. The van der Waals surface area contributed by atoms with Crippen LogP contribution in [-0.4, -0.2) is 90.8 Å². The van der Waals surface area contributed by atoms with E-state index in [1.807, 2.05) is 16.9 Å². The minimum atomic E-state index is -4.34. The molecular weight excluding hydrogens is 495 g/mol. The van der Waals surface area contributed by atoms with E-state index >= 15 is 0 Å². The quantitative estimate of drug-likeness (QED) is 0.472. The van der Waals surface area contributed by atoms with Gasteiger partial charge in [-0.15, -0.1) is 0 Å².